The van der Waals surface area contributed by atoms with E-state index in [0.29, 0.717) is 12.2 Å². The molecule has 2 aromatic heterocycles. The van der Waals surface area contributed by atoms with E-state index in [4.69, 9.17) is 4.42 Å². The van der Waals surface area contributed by atoms with Crippen LogP contribution in [0.15, 0.2) is 41.3 Å². The molecule has 0 saturated heterocycles. The Labute approximate surface area is 107 Å². The SMILES string of the molecule is CC(CC(O)c1ccco1)NCc1ccn(C)c1. The first kappa shape index (κ1) is 12.9. The van der Waals surface area contributed by atoms with Gasteiger partial charge < -0.3 is 19.4 Å². The lowest BCUT2D eigenvalue weighted by molar-refractivity contribution is 0.128. The molecule has 4 nitrogen and oxygen atoms in total. The monoisotopic (exact) mass is 248 g/mol. The Morgan fingerprint density at radius 2 is 2.28 bits per heavy atom. The highest BCUT2D eigenvalue weighted by Gasteiger charge is 2.14. The number of aryl methyl sites for hydroxylation is 1. The average molecular weight is 248 g/mol. The van der Waals surface area contributed by atoms with E-state index < -0.39 is 6.10 Å². The summed E-state index contributed by atoms with van der Waals surface area (Å²) in [7, 11) is 2.01. The minimum absolute atomic E-state index is 0.227. The van der Waals surface area contributed by atoms with E-state index in [1.807, 2.05) is 17.8 Å². The molecule has 0 aliphatic heterocycles. The predicted molar refractivity (Wildman–Crippen MR) is 70.0 cm³/mol. The molecule has 0 aliphatic rings. The molecule has 2 heterocycles. The number of aromatic nitrogens is 1. The normalized spacial score (nSPS) is 14.6. The van der Waals surface area contributed by atoms with Crippen molar-refractivity contribution in [3.8, 4) is 0 Å². The fourth-order valence-corrected chi connectivity index (χ4v) is 1.97. The standard InChI is InChI=1S/C14H20N2O2/c1-11(8-13(17)14-4-3-7-18-14)15-9-12-5-6-16(2)10-12/h3-7,10-11,13,15,17H,8-9H2,1-2H3. The number of aliphatic hydroxyl groups is 1. The Bertz CT molecular complexity index is 462. The Kier molecular flexibility index (Phi) is 4.23. The topological polar surface area (TPSA) is 50.3 Å². The number of rotatable bonds is 6. The Morgan fingerprint density at radius 1 is 1.44 bits per heavy atom. The molecule has 0 saturated carbocycles. The maximum absolute atomic E-state index is 9.94. The second kappa shape index (κ2) is 5.89. The van der Waals surface area contributed by atoms with E-state index in [9.17, 15) is 5.11 Å². The summed E-state index contributed by atoms with van der Waals surface area (Å²) in [6.45, 7) is 2.88. The van der Waals surface area contributed by atoms with Gasteiger partial charge in [0.1, 0.15) is 11.9 Å². The van der Waals surface area contributed by atoms with Gasteiger partial charge in [0.2, 0.25) is 0 Å². The van der Waals surface area contributed by atoms with Gasteiger partial charge in [-0.3, -0.25) is 0 Å². The molecule has 0 aromatic carbocycles. The highest BCUT2D eigenvalue weighted by Crippen LogP contribution is 2.18. The third kappa shape index (κ3) is 3.48. The van der Waals surface area contributed by atoms with Gasteiger partial charge in [-0.15, -0.1) is 0 Å². The highest BCUT2D eigenvalue weighted by atomic mass is 16.4. The van der Waals surface area contributed by atoms with E-state index in [0.717, 1.165) is 6.54 Å². The first-order chi connectivity index (χ1) is 8.65. The van der Waals surface area contributed by atoms with Crippen LogP contribution in [0.25, 0.3) is 0 Å². The minimum Gasteiger partial charge on any atom is -0.467 e. The van der Waals surface area contributed by atoms with E-state index in [1.54, 1.807) is 18.4 Å². The lowest BCUT2D eigenvalue weighted by Gasteiger charge is -2.16. The largest absolute Gasteiger partial charge is 0.467 e. The molecule has 0 radical (unpaired) electrons. The van der Waals surface area contributed by atoms with Gasteiger partial charge >= 0.3 is 0 Å². The molecule has 0 aliphatic carbocycles. The van der Waals surface area contributed by atoms with Crippen LogP contribution in [0.3, 0.4) is 0 Å². The molecule has 0 fully saturated rings. The Balaban J connectivity index is 1.76. The van der Waals surface area contributed by atoms with Crippen molar-refractivity contribution in [2.45, 2.75) is 32.0 Å². The van der Waals surface area contributed by atoms with Gasteiger partial charge in [0.25, 0.3) is 0 Å². The van der Waals surface area contributed by atoms with Crippen molar-refractivity contribution in [2.24, 2.45) is 7.05 Å². The third-order valence-electron chi connectivity index (χ3n) is 3.00. The minimum atomic E-state index is -0.543. The van der Waals surface area contributed by atoms with Crippen LogP contribution in [0.4, 0.5) is 0 Å². The van der Waals surface area contributed by atoms with Gasteiger partial charge in [-0.1, -0.05) is 0 Å². The summed E-state index contributed by atoms with van der Waals surface area (Å²) in [5, 5.41) is 13.3. The summed E-state index contributed by atoms with van der Waals surface area (Å²) in [6, 6.07) is 5.91. The van der Waals surface area contributed by atoms with Crippen LogP contribution in [-0.2, 0) is 13.6 Å². The molecule has 0 amide bonds. The van der Waals surface area contributed by atoms with Crippen LogP contribution in [-0.4, -0.2) is 15.7 Å². The first-order valence-electron chi connectivity index (χ1n) is 6.21. The predicted octanol–water partition coefficient (Wildman–Crippen LogP) is 2.22. The van der Waals surface area contributed by atoms with Crippen LogP contribution in [0.2, 0.25) is 0 Å². The van der Waals surface area contributed by atoms with E-state index in [-0.39, 0.29) is 6.04 Å². The molecule has 2 aromatic rings. The second-order valence-corrected chi connectivity index (χ2v) is 4.73. The van der Waals surface area contributed by atoms with Crippen LogP contribution < -0.4 is 5.32 Å². The summed E-state index contributed by atoms with van der Waals surface area (Å²) in [4.78, 5) is 0. The zero-order valence-corrected chi connectivity index (χ0v) is 10.8. The molecule has 0 bridgehead atoms. The molecule has 4 heteroatoms. The van der Waals surface area contributed by atoms with Crippen molar-refractivity contribution >= 4 is 0 Å². The smallest absolute Gasteiger partial charge is 0.132 e. The molecule has 2 atom stereocenters. The van der Waals surface area contributed by atoms with Gasteiger partial charge in [0.05, 0.1) is 6.26 Å². The first-order valence-corrected chi connectivity index (χ1v) is 6.21. The van der Waals surface area contributed by atoms with Crippen LogP contribution in [0.5, 0.6) is 0 Å². The summed E-state index contributed by atoms with van der Waals surface area (Å²) in [6.07, 6.45) is 5.79. The number of hydrogen-bond donors (Lipinski definition) is 2. The summed E-state index contributed by atoms with van der Waals surface area (Å²) in [5.74, 6) is 0.628. The van der Waals surface area contributed by atoms with Crippen molar-refractivity contribution in [3.05, 3.63) is 48.2 Å². The third-order valence-corrected chi connectivity index (χ3v) is 3.00. The fraction of sp³-hybridized carbons (Fsp3) is 0.429. The van der Waals surface area contributed by atoms with Crippen LogP contribution >= 0.6 is 0 Å². The molecule has 18 heavy (non-hydrogen) atoms. The van der Waals surface area contributed by atoms with Gasteiger partial charge in [-0.2, -0.15) is 0 Å². The lowest BCUT2D eigenvalue weighted by atomic mass is 10.1. The van der Waals surface area contributed by atoms with E-state index in [2.05, 4.69) is 24.5 Å². The molecule has 0 spiro atoms. The van der Waals surface area contributed by atoms with Crippen molar-refractivity contribution in [1.29, 1.82) is 0 Å². The molecular weight excluding hydrogens is 228 g/mol. The number of nitrogens with zero attached hydrogens (tertiary/aromatic N) is 1. The maximum Gasteiger partial charge on any atom is 0.132 e. The molecule has 2 unspecified atom stereocenters. The van der Waals surface area contributed by atoms with Crippen molar-refractivity contribution in [3.63, 3.8) is 0 Å². The number of aliphatic hydroxyl groups excluding tert-OH is 1. The van der Waals surface area contributed by atoms with Gasteiger partial charge in [0.15, 0.2) is 0 Å². The molecule has 2 N–H and O–H groups in total. The van der Waals surface area contributed by atoms with Crippen molar-refractivity contribution in [1.82, 2.24) is 9.88 Å². The van der Waals surface area contributed by atoms with Gasteiger partial charge in [0, 0.05) is 32.0 Å². The molecular formula is C14H20N2O2. The van der Waals surface area contributed by atoms with Crippen LogP contribution in [0, 0.1) is 0 Å². The fourth-order valence-electron chi connectivity index (χ4n) is 1.97. The zero-order valence-electron chi connectivity index (χ0n) is 10.8. The lowest BCUT2D eigenvalue weighted by Crippen LogP contribution is -2.27. The van der Waals surface area contributed by atoms with Gasteiger partial charge in [-0.05, 0) is 37.1 Å². The summed E-state index contributed by atoms with van der Waals surface area (Å²) < 4.78 is 7.21. The van der Waals surface area contributed by atoms with E-state index >= 15 is 0 Å². The zero-order chi connectivity index (χ0) is 13.0. The summed E-state index contributed by atoms with van der Waals surface area (Å²) in [5.41, 5.74) is 1.25. The van der Waals surface area contributed by atoms with Crippen molar-refractivity contribution < 1.29 is 9.52 Å². The number of furan rings is 1. The highest BCUT2D eigenvalue weighted by molar-refractivity contribution is 5.09. The Hall–Kier alpha value is -1.52. The second-order valence-electron chi connectivity index (χ2n) is 4.73. The Morgan fingerprint density at radius 3 is 2.89 bits per heavy atom. The quantitative estimate of drug-likeness (QED) is 0.824. The molecule has 98 valence electrons. The number of hydrogen-bond acceptors (Lipinski definition) is 3. The van der Waals surface area contributed by atoms with Crippen molar-refractivity contribution in [2.75, 3.05) is 0 Å². The number of nitrogens with one attached hydrogen (secondary N) is 1. The van der Waals surface area contributed by atoms with E-state index in [1.165, 1.54) is 5.56 Å². The summed E-state index contributed by atoms with van der Waals surface area (Å²) >= 11 is 0. The van der Waals surface area contributed by atoms with Gasteiger partial charge in [-0.25, -0.2) is 0 Å². The molecule has 2 rings (SSSR count). The maximum atomic E-state index is 9.94. The average Bonchev–Trinajstić information content (AvgIpc) is 2.97. The van der Waals surface area contributed by atoms with Crippen LogP contribution in [0.1, 0.15) is 30.8 Å².